The Bertz CT molecular complexity index is 558. The summed E-state index contributed by atoms with van der Waals surface area (Å²) >= 11 is 0. The average molecular weight is 344 g/mol. The first-order valence-corrected chi connectivity index (χ1v) is 9.50. The average Bonchev–Trinajstić information content (AvgIpc) is 2.61. The summed E-state index contributed by atoms with van der Waals surface area (Å²) in [5.74, 6) is 0.820. The molecule has 1 aromatic carbocycles. The van der Waals surface area contributed by atoms with Crippen molar-refractivity contribution in [3.63, 3.8) is 0 Å². The summed E-state index contributed by atoms with van der Waals surface area (Å²) in [5.41, 5.74) is 0.928. The summed E-state index contributed by atoms with van der Waals surface area (Å²) < 4.78 is 5.49. The highest BCUT2D eigenvalue weighted by molar-refractivity contribution is 5.89. The molecule has 0 aliphatic rings. The molecule has 0 amide bonds. The maximum atomic E-state index is 11.8. The Morgan fingerprint density at radius 1 is 1.04 bits per heavy atom. The minimum Gasteiger partial charge on any atom is -0.504 e. The van der Waals surface area contributed by atoms with E-state index >= 15 is 0 Å². The summed E-state index contributed by atoms with van der Waals surface area (Å²) in [5, 5.41) is 9.75. The van der Waals surface area contributed by atoms with Gasteiger partial charge in [-0.25, -0.2) is 0 Å². The zero-order valence-electron chi connectivity index (χ0n) is 15.7. The molecule has 25 heavy (non-hydrogen) atoms. The van der Waals surface area contributed by atoms with Crippen LogP contribution in [0.4, 0.5) is 0 Å². The van der Waals surface area contributed by atoms with Crippen LogP contribution < -0.4 is 4.74 Å². The number of benzene rings is 1. The van der Waals surface area contributed by atoms with Gasteiger partial charge < -0.3 is 9.84 Å². The van der Waals surface area contributed by atoms with E-state index in [0.717, 1.165) is 24.8 Å². The van der Waals surface area contributed by atoms with Crippen molar-refractivity contribution in [3.05, 3.63) is 42.0 Å². The third-order valence-electron chi connectivity index (χ3n) is 3.90. The van der Waals surface area contributed by atoms with E-state index in [9.17, 15) is 9.90 Å². The van der Waals surface area contributed by atoms with Gasteiger partial charge in [0, 0.05) is 6.42 Å². The van der Waals surface area contributed by atoms with Crippen molar-refractivity contribution < 1.29 is 14.6 Å². The lowest BCUT2D eigenvalue weighted by Crippen LogP contribution is -1.95. The van der Waals surface area contributed by atoms with Crippen molar-refractivity contribution in [1.29, 1.82) is 0 Å². The van der Waals surface area contributed by atoms with Crippen LogP contribution in [-0.4, -0.2) is 17.5 Å². The molecule has 0 spiro atoms. The van der Waals surface area contributed by atoms with Gasteiger partial charge in [-0.1, -0.05) is 70.2 Å². The number of hydrogen-bond acceptors (Lipinski definition) is 3. The lowest BCUT2D eigenvalue weighted by Gasteiger charge is -2.07. The normalized spacial score (nSPS) is 11.4. The zero-order valence-corrected chi connectivity index (χ0v) is 15.7. The molecule has 3 nitrogen and oxygen atoms in total. The van der Waals surface area contributed by atoms with Gasteiger partial charge in [0.1, 0.15) is 0 Å². The van der Waals surface area contributed by atoms with E-state index in [1.54, 1.807) is 24.3 Å². The number of hydrogen-bond donors (Lipinski definition) is 1. The highest BCUT2D eigenvalue weighted by atomic mass is 16.5. The SMILES string of the molecule is CCCCCCCCC(=O)C=CC=Cc1ccc(O)c(OCCC)c1. The monoisotopic (exact) mass is 344 g/mol. The second-order valence-electron chi connectivity index (χ2n) is 6.28. The Morgan fingerprint density at radius 2 is 1.80 bits per heavy atom. The molecular formula is C22H32O3. The lowest BCUT2D eigenvalue weighted by molar-refractivity contribution is -0.114. The van der Waals surface area contributed by atoms with Crippen LogP contribution in [0.5, 0.6) is 11.5 Å². The zero-order chi connectivity index (χ0) is 18.3. The molecule has 0 aromatic heterocycles. The number of unbranched alkanes of at least 4 members (excludes halogenated alkanes) is 5. The van der Waals surface area contributed by atoms with Gasteiger partial charge in [0.15, 0.2) is 17.3 Å². The molecule has 1 aromatic rings. The number of phenolic OH excluding ortho intramolecular Hbond substituents is 1. The first-order valence-electron chi connectivity index (χ1n) is 9.50. The van der Waals surface area contributed by atoms with E-state index in [2.05, 4.69) is 6.92 Å². The second-order valence-corrected chi connectivity index (χ2v) is 6.28. The number of aromatic hydroxyl groups is 1. The van der Waals surface area contributed by atoms with Crippen molar-refractivity contribution in [2.45, 2.75) is 65.2 Å². The summed E-state index contributed by atoms with van der Waals surface area (Å²) in [6.07, 6.45) is 15.8. The van der Waals surface area contributed by atoms with Crippen LogP contribution in [0.1, 0.15) is 70.8 Å². The van der Waals surface area contributed by atoms with Crippen LogP contribution >= 0.6 is 0 Å². The van der Waals surface area contributed by atoms with E-state index in [-0.39, 0.29) is 11.5 Å². The number of phenols is 1. The maximum Gasteiger partial charge on any atom is 0.161 e. The Hall–Kier alpha value is -2.03. The van der Waals surface area contributed by atoms with Crippen molar-refractivity contribution in [1.82, 2.24) is 0 Å². The topological polar surface area (TPSA) is 46.5 Å². The molecule has 3 heteroatoms. The fourth-order valence-corrected chi connectivity index (χ4v) is 2.45. The Balaban J connectivity index is 2.36. The van der Waals surface area contributed by atoms with Crippen molar-refractivity contribution in [2.24, 2.45) is 0 Å². The fourth-order valence-electron chi connectivity index (χ4n) is 2.45. The molecule has 0 aliphatic carbocycles. The van der Waals surface area contributed by atoms with Crippen LogP contribution in [-0.2, 0) is 4.79 Å². The number of rotatable bonds is 13. The summed E-state index contributed by atoms with van der Waals surface area (Å²) in [6, 6.07) is 5.24. The van der Waals surface area contributed by atoms with E-state index in [0.29, 0.717) is 18.8 Å². The molecule has 0 fully saturated rings. The first kappa shape index (κ1) is 21.0. The Labute approximate surface area is 152 Å². The van der Waals surface area contributed by atoms with Gasteiger partial charge in [-0.2, -0.15) is 0 Å². The maximum absolute atomic E-state index is 11.8. The van der Waals surface area contributed by atoms with Gasteiger partial charge in [-0.15, -0.1) is 0 Å². The third kappa shape index (κ3) is 9.75. The van der Waals surface area contributed by atoms with Gasteiger partial charge >= 0.3 is 0 Å². The van der Waals surface area contributed by atoms with Crippen molar-refractivity contribution in [2.75, 3.05) is 6.61 Å². The van der Waals surface area contributed by atoms with Crippen LogP contribution in [0.3, 0.4) is 0 Å². The van der Waals surface area contributed by atoms with Gasteiger partial charge in [0.05, 0.1) is 6.61 Å². The fraction of sp³-hybridized carbons (Fsp3) is 0.500. The molecule has 0 heterocycles. The first-order chi connectivity index (χ1) is 12.2. The highest BCUT2D eigenvalue weighted by Gasteiger charge is 2.02. The summed E-state index contributed by atoms with van der Waals surface area (Å²) in [6.45, 7) is 4.81. The standard InChI is InChI=1S/C22H32O3/c1-3-5-6-7-8-9-13-20(23)14-11-10-12-19-15-16-21(24)22(18-19)25-17-4-2/h10-12,14-16,18,24H,3-9,13,17H2,1-2H3. The minimum absolute atomic E-state index is 0.148. The predicted molar refractivity (Wildman–Crippen MR) is 105 cm³/mol. The van der Waals surface area contributed by atoms with E-state index in [1.807, 2.05) is 25.1 Å². The molecule has 1 rings (SSSR count). The molecule has 0 unspecified atom stereocenters. The molecule has 138 valence electrons. The summed E-state index contributed by atoms with van der Waals surface area (Å²) in [7, 11) is 0. The number of carbonyl (C=O) groups is 1. The number of allylic oxidation sites excluding steroid dienone is 3. The minimum atomic E-state index is 0.148. The van der Waals surface area contributed by atoms with Gasteiger partial charge in [0.2, 0.25) is 0 Å². The summed E-state index contributed by atoms with van der Waals surface area (Å²) in [4.78, 5) is 11.8. The Morgan fingerprint density at radius 3 is 2.56 bits per heavy atom. The lowest BCUT2D eigenvalue weighted by atomic mass is 10.1. The van der Waals surface area contributed by atoms with Crippen molar-refractivity contribution >= 4 is 11.9 Å². The second kappa shape index (κ2) is 13.3. The Kier molecular flexibility index (Phi) is 11.2. The van der Waals surface area contributed by atoms with Gasteiger partial charge in [0.25, 0.3) is 0 Å². The smallest absolute Gasteiger partial charge is 0.161 e. The molecule has 0 atom stereocenters. The van der Waals surface area contributed by atoms with Gasteiger partial charge in [-0.3, -0.25) is 4.79 Å². The van der Waals surface area contributed by atoms with Crippen LogP contribution in [0.25, 0.3) is 6.08 Å². The van der Waals surface area contributed by atoms with Crippen LogP contribution in [0.2, 0.25) is 0 Å². The number of ether oxygens (including phenoxy) is 1. The predicted octanol–water partition coefficient (Wildman–Crippen LogP) is 6.07. The van der Waals surface area contributed by atoms with Crippen molar-refractivity contribution in [3.8, 4) is 11.5 Å². The molecule has 0 saturated heterocycles. The van der Waals surface area contributed by atoms with Crippen LogP contribution in [0.15, 0.2) is 36.4 Å². The highest BCUT2D eigenvalue weighted by Crippen LogP contribution is 2.27. The van der Waals surface area contributed by atoms with Crippen LogP contribution in [0, 0.1) is 0 Å². The van der Waals surface area contributed by atoms with E-state index in [1.165, 1.54) is 25.7 Å². The molecule has 0 bridgehead atoms. The third-order valence-corrected chi connectivity index (χ3v) is 3.90. The van der Waals surface area contributed by atoms with E-state index in [4.69, 9.17) is 4.74 Å². The molecule has 0 radical (unpaired) electrons. The van der Waals surface area contributed by atoms with E-state index < -0.39 is 0 Å². The van der Waals surface area contributed by atoms with Gasteiger partial charge in [-0.05, 0) is 36.6 Å². The largest absolute Gasteiger partial charge is 0.504 e. The molecular weight excluding hydrogens is 312 g/mol. The number of ketones is 1. The molecule has 1 N–H and O–H groups in total. The quantitative estimate of drug-likeness (QED) is 0.268. The number of carbonyl (C=O) groups excluding carboxylic acids is 1. The molecule has 0 aliphatic heterocycles. The molecule has 0 saturated carbocycles.